The number of rotatable bonds is 4. The summed E-state index contributed by atoms with van der Waals surface area (Å²) in [6.45, 7) is 5.53. The Labute approximate surface area is 142 Å². The Hall–Kier alpha value is -1.30. The minimum atomic E-state index is -0.491. The van der Waals surface area contributed by atoms with Crippen LogP contribution in [0.1, 0.15) is 52.9 Å². The van der Waals surface area contributed by atoms with Gasteiger partial charge in [-0.15, -0.1) is 0 Å². The molecule has 0 bridgehead atoms. The summed E-state index contributed by atoms with van der Waals surface area (Å²) in [5.41, 5.74) is -0.491. The van der Waals surface area contributed by atoms with E-state index >= 15 is 0 Å². The van der Waals surface area contributed by atoms with Gasteiger partial charge in [-0.25, -0.2) is 0 Å². The quantitative estimate of drug-likeness (QED) is 0.800. The molecule has 0 unspecified atom stereocenters. The molecule has 0 aromatic carbocycles. The summed E-state index contributed by atoms with van der Waals surface area (Å²) >= 11 is 1.33. The van der Waals surface area contributed by atoms with E-state index in [1.54, 1.807) is 0 Å². The fourth-order valence-electron chi connectivity index (χ4n) is 2.69. The van der Waals surface area contributed by atoms with Crippen LogP contribution in [0.4, 0.5) is 0 Å². The van der Waals surface area contributed by atoms with Gasteiger partial charge in [0.05, 0.1) is 10.8 Å². The van der Waals surface area contributed by atoms with Gasteiger partial charge in [0.2, 0.25) is 11.8 Å². The van der Waals surface area contributed by atoms with E-state index in [9.17, 15) is 14.4 Å². The SMILES string of the molecule is CC(C)(C)C(=O)/C=C1\SCC(=O)N1CC(=O)NC1CCCCC1. The number of nitrogens with one attached hydrogen (secondary N) is 1. The molecule has 0 radical (unpaired) electrons. The fraction of sp³-hybridized carbons (Fsp3) is 0.706. The van der Waals surface area contributed by atoms with Crippen molar-refractivity contribution in [3.05, 3.63) is 11.1 Å². The predicted molar refractivity (Wildman–Crippen MR) is 91.7 cm³/mol. The van der Waals surface area contributed by atoms with Gasteiger partial charge < -0.3 is 5.32 Å². The summed E-state index contributed by atoms with van der Waals surface area (Å²) in [6, 6.07) is 0.227. The number of carbonyl (C=O) groups excluding carboxylic acids is 3. The minimum Gasteiger partial charge on any atom is -0.352 e. The van der Waals surface area contributed by atoms with Gasteiger partial charge in [0.1, 0.15) is 6.54 Å². The lowest BCUT2D eigenvalue weighted by Gasteiger charge is -2.24. The van der Waals surface area contributed by atoms with Crippen LogP contribution in [0.3, 0.4) is 0 Å². The number of carbonyl (C=O) groups is 3. The van der Waals surface area contributed by atoms with Crippen LogP contribution < -0.4 is 5.32 Å². The van der Waals surface area contributed by atoms with Crippen LogP contribution in [0.5, 0.6) is 0 Å². The molecule has 1 N–H and O–H groups in total. The van der Waals surface area contributed by atoms with Crippen molar-refractivity contribution in [3.63, 3.8) is 0 Å². The Morgan fingerprint density at radius 2 is 1.91 bits per heavy atom. The Balaban J connectivity index is 1.98. The molecule has 2 amide bonds. The molecule has 0 aromatic rings. The summed E-state index contributed by atoms with van der Waals surface area (Å²) in [7, 11) is 0. The van der Waals surface area contributed by atoms with E-state index < -0.39 is 5.41 Å². The predicted octanol–water partition coefficient (Wildman–Crippen LogP) is 2.47. The molecule has 23 heavy (non-hydrogen) atoms. The summed E-state index contributed by atoms with van der Waals surface area (Å²) < 4.78 is 0. The second-order valence-corrected chi connectivity index (χ2v) is 8.26. The number of thioether (sulfide) groups is 1. The van der Waals surface area contributed by atoms with Crippen LogP contribution >= 0.6 is 11.8 Å². The third-order valence-corrected chi connectivity index (χ3v) is 5.20. The monoisotopic (exact) mass is 338 g/mol. The zero-order valence-corrected chi connectivity index (χ0v) is 15.0. The summed E-state index contributed by atoms with van der Waals surface area (Å²) in [5.74, 6) is 0.0101. The van der Waals surface area contributed by atoms with E-state index in [1.807, 2.05) is 20.8 Å². The molecule has 0 aromatic heterocycles. The zero-order valence-electron chi connectivity index (χ0n) is 14.2. The Bertz CT molecular complexity index is 516. The van der Waals surface area contributed by atoms with Crippen molar-refractivity contribution in [1.82, 2.24) is 10.2 Å². The van der Waals surface area contributed by atoms with Crippen LogP contribution in [0, 0.1) is 5.41 Å². The third-order valence-electron chi connectivity index (χ3n) is 4.18. The number of ketones is 1. The van der Waals surface area contributed by atoms with E-state index in [0.717, 1.165) is 25.7 Å². The molecule has 1 saturated carbocycles. The summed E-state index contributed by atoms with van der Waals surface area (Å²) in [6.07, 6.45) is 7.06. The number of amides is 2. The Morgan fingerprint density at radius 1 is 1.26 bits per heavy atom. The maximum absolute atomic E-state index is 12.2. The Morgan fingerprint density at radius 3 is 2.52 bits per heavy atom. The molecular weight excluding hydrogens is 312 g/mol. The molecule has 5 nitrogen and oxygen atoms in total. The highest BCUT2D eigenvalue weighted by Gasteiger charge is 2.31. The third kappa shape index (κ3) is 5.09. The van der Waals surface area contributed by atoms with Crippen molar-refractivity contribution in [2.45, 2.75) is 58.9 Å². The maximum atomic E-state index is 12.2. The molecule has 2 rings (SSSR count). The molecule has 0 atom stereocenters. The highest BCUT2D eigenvalue weighted by molar-refractivity contribution is 8.04. The first kappa shape index (κ1) is 18.0. The van der Waals surface area contributed by atoms with Crippen molar-refractivity contribution < 1.29 is 14.4 Å². The molecular formula is C17H26N2O3S. The van der Waals surface area contributed by atoms with Crippen LogP contribution in [-0.2, 0) is 14.4 Å². The van der Waals surface area contributed by atoms with E-state index in [-0.39, 0.29) is 30.2 Å². The first-order valence-electron chi connectivity index (χ1n) is 8.26. The average molecular weight is 338 g/mol. The molecule has 1 heterocycles. The smallest absolute Gasteiger partial charge is 0.240 e. The van der Waals surface area contributed by atoms with Gasteiger partial charge in [0.25, 0.3) is 0 Å². The van der Waals surface area contributed by atoms with Crippen LogP contribution in [-0.4, -0.2) is 40.8 Å². The van der Waals surface area contributed by atoms with Gasteiger partial charge in [-0.2, -0.15) is 0 Å². The van der Waals surface area contributed by atoms with Crippen LogP contribution in [0.25, 0.3) is 0 Å². The lowest BCUT2D eigenvalue weighted by Crippen LogP contribution is -2.43. The molecule has 2 aliphatic rings. The van der Waals surface area contributed by atoms with E-state index in [1.165, 1.54) is 29.2 Å². The maximum Gasteiger partial charge on any atom is 0.240 e. The second-order valence-electron chi connectivity index (χ2n) is 7.27. The van der Waals surface area contributed by atoms with Crippen molar-refractivity contribution in [2.75, 3.05) is 12.3 Å². The molecule has 0 spiro atoms. The highest BCUT2D eigenvalue weighted by atomic mass is 32.2. The van der Waals surface area contributed by atoms with Crippen molar-refractivity contribution >= 4 is 29.4 Å². The minimum absolute atomic E-state index is 0.00555. The van der Waals surface area contributed by atoms with Crippen molar-refractivity contribution in [3.8, 4) is 0 Å². The fourth-order valence-corrected chi connectivity index (χ4v) is 3.63. The standard InChI is InChI=1S/C17H26N2O3S/c1-17(2,3)13(20)9-16-19(15(22)11-23-16)10-14(21)18-12-7-5-4-6-8-12/h9,12H,4-8,10-11H2,1-3H3,(H,18,21)/b16-9-. The molecule has 2 fully saturated rings. The van der Waals surface area contributed by atoms with Gasteiger partial charge in [0, 0.05) is 17.5 Å². The van der Waals surface area contributed by atoms with Gasteiger partial charge >= 0.3 is 0 Å². The number of allylic oxidation sites excluding steroid dienone is 1. The van der Waals surface area contributed by atoms with Gasteiger partial charge in [0.15, 0.2) is 5.78 Å². The number of hydrogen-bond acceptors (Lipinski definition) is 4. The highest BCUT2D eigenvalue weighted by Crippen LogP contribution is 2.30. The topological polar surface area (TPSA) is 66.5 Å². The molecule has 1 saturated heterocycles. The second kappa shape index (κ2) is 7.51. The number of nitrogens with zero attached hydrogens (tertiary/aromatic N) is 1. The van der Waals surface area contributed by atoms with Crippen LogP contribution in [0.2, 0.25) is 0 Å². The zero-order chi connectivity index (χ0) is 17.0. The number of hydrogen-bond donors (Lipinski definition) is 1. The summed E-state index contributed by atoms with van der Waals surface area (Å²) in [5, 5.41) is 3.61. The molecule has 128 valence electrons. The van der Waals surface area contributed by atoms with Gasteiger partial charge in [-0.3, -0.25) is 19.3 Å². The normalized spacial score (nSPS) is 21.8. The van der Waals surface area contributed by atoms with Gasteiger partial charge in [-0.1, -0.05) is 51.8 Å². The first-order chi connectivity index (χ1) is 10.8. The van der Waals surface area contributed by atoms with Crippen LogP contribution in [0.15, 0.2) is 11.1 Å². The van der Waals surface area contributed by atoms with Crippen molar-refractivity contribution in [1.29, 1.82) is 0 Å². The lowest BCUT2D eigenvalue weighted by atomic mass is 9.91. The average Bonchev–Trinajstić information content (AvgIpc) is 2.80. The molecule has 1 aliphatic heterocycles. The molecule has 6 heteroatoms. The molecule has 1 aliphatic carbocycles. The Kier molecular flexibility index (Phi) is 5.89. The van der Waals surface area contributed by atoms with Crippen molar-refractivity contribution in [2.24, 2.45) is 5.41 Å². The lowest BCUT2D eigenvalue weighted by molar-refractivity contribution is -0.131. The van der Waals surface area contributed by atoms with E-state index in [4.69, 9.17) is 0 Å². The first-order valence-corrected chi connectivity index (χ1v) is 9.24. The summed E-state index contributed by atoms with van der Waals surface area (Å²) in [4.78, 5) is 37.8. The van der Waals surface area contributed by atoms with E-state index in [0.29, 0.717) is 10.8 Å². The van der Waals surface area contributed by atoms with E-state index in [2.05, 4.69) is 5.32 Å². The van der Waals surface area contributed by atoms with Gasteiger partial charge in [-0.05, 0) is 12.8 Å². The largest absolute Gasteiger partial charge is 0.352 e.